The fourth-order valence-corrected chi connectivity index (χ4v) is 2.02. The van der Waals surface area contributed by atoms with Crippen LogP contribution in [0.15, 0.2) is 47.1 Å². The summed E-state index contributed by atoms with van der Waals surface area (Å²) in [5.41, 5.74) is 0.822. The molecule has 2 rings (SSSR count). The smallest absolute Gasteiger partial charge is 0.236 e. The van der Waals surface area contributed by atoms with Gasteiger partial charge < -0.3 is 10.1 Å². The predicted octanol–water partition coefficient (Wildman–Crippen LogP) is 1.80. The monoisotopic (exact) mass is 275 g/mol. The number of hydrogen-bond donors (Lipinski definition) is 1. The molecule has 0 saturated carbocycles. The Balaban J connectivity index is 2.05. The van der Waals surface area contributed by atoms with Crippen molar-refractivity contribution in [1.82, 2.24) is 5.32 Å². The van der Waals surface area contributed by atoms with Gasteiger partial charge in [-0.25, -0.2) is 0 Å². The highest BCUT2D eigenvalue weighted by molar-refractivity contribution is 8.15. The topological polar surface area (TPSA) is 63.1 Å². The van der Waals surface area contributed by atoms with Crippen molar-refractivity contribution in [3.05, 3.63) is 42.5 Å². The number of thioether (sulfide) groups is 1. The minimum Gasteiger partial charge on any atom is -0.489 e. The third kappa shape index (κ3) is 3.96. The van der Waals surface area contributed by atoms with Crippen LogP contribution in [0.25, 0.3) is 0 Å². The maximum absolute atomic E-state index is 11.0. The minimum atomic E-state index is -0.0475. The highest BCUT2D eigenvalue weighted by Gasteiger charge is 2.15. The van der Waals surface area contributed by atoms with Crippen LogP contribution in [0.1, 0.15) is 5.56 Å². The van der Waals surface area contributed by atoms with Crippen LogP contribution in [0.5, 0.6) is 5.75 Å². The van der Waals surface area contributed by atoms with E-state index in [1.807, 2.05) is 24.3 Å². The van der Waals surface area contributed by atoms with Gasteiger partial charge in [0, 0.05) is 5.56 Å². The van der Waals surface area contributed by atoms with Crippen LogP contribution in [0.3, 0.4) is 0 Å². The van der Waals surface area contributed by atoms with E-state index in [1.54, 1.807) is 12.3 Å². The Kier molecular flexibility index (Phi) is 4.74. The zero-order valence-electron chi connectivity index (χ0n) is 10.2. The number of rotatable bonds is 5. The summed E-state index contributed by atoms with van der Waals surface area (Å²) in [7, 11) is 0. The number of carbonyl (C=O) groups is 1. The summed E-state index contributed by atoms with van der Waals surface area (Å²) in [6, 6.07) is 7.50. The first-order valence-electron chi connectivity index (χ1n) is 5.66. The number of benzene rings is 1. The zero-order chi connectivity index (χ0) is 13.5. The molecule has 1 heterocycles. The molecule has 1 aromatic carbocycles. The van der Waals surface area contributed by atoms with E-state index < -0.39 is 0 Å². The Bertz CT molecular complexity index is 540. The van der Waals surface area contributed by atoms with E-state index in [0.29, 0.717) is 17.5 Å². The lowest BCUT2D eigenvalue weighted by atomic mass is 10.2. The van der Waals surface area contributed by atoms with Crippen molar-refractivity contribution in [3.8, 4) is 5.75 Å². The molecular formula is C13H13N3O2S. The lowest BCUT2D eigenvalue weighted by Crippen LogP contribution is -2.19. The maximum Gasteiger partial charge on any atom is 0.236 e. The van der Waals surface area contributed by atoms with E-state index in [4.69, 9.17) is 4.74 Å². The van der Waals surface area contributed by atoms with E-state index in [2.05, 4.69) is 22.1 Å². The van der Waals surface area contributed by atoms with Crippen molar-refractivity contribution in [3.63, 3.8) is 0 Å². The van der Waals surface area contributed by atoms with E-state index in [-0.39, 0.29) is 5.91 Å². The highest BCUT2D eigenvalue weighted by Crippen LogP contribution is 2.16. The summed E-state index contributed by atoms with van der Waals surface area (Å²) >= 11 is 1.33. The molecule has 6 heteroatoms. The van der Waals surface area contributed by atoms with Gasteiger partial charge >= 0.3 is 0 Å². The average Bonchev–Trinajstić information content (AvgIpc) is 2.83. The van der Waals surface area contributed by atoms with E-state index in [1.165, 1.54) is 11.8 Å². The van der Waals surface area contributed by atoms with Crippen LogP contribution in [-0.4, -0.2) is 29.6 Å². The molecule has 1 amide bonds. The molecular weight excluding hydrogens is 262 g/mol. The van der Waals surface area contributed by atoms with Gasteiger partial charge in [0.15, 0.2) is 5.17 Å². The summed E-state index contributed by atoms with van der Waals surface area (Å²) in [5, 5.41) is 11.0. The Morgan fingerprint density at radius 2 is 2.32 bits per heavy atom. The Morgan fingerprint density at radius 1 is 1.47 bits per heavy atom. The Hall–Kier alpha value is -2.08. The van der Waals surface area contributed by atoms with Crippen LogP contribution < -0.4 is 10.1 Å². The fraction of sp³-hybridized carbons (Fsp3) is 0.154. The predicted molar refractivity (Wildman–Crippen MR) is 77.8 cm³/mol. The number of ether oxygens (including phenoxy) is 1. The van der Waals surface area contributed by atoms with Crippen molar-refractivity contribution in [2.24, 2.45) is 10.2 Å². The summed E-state index contributed by atoms with van der Waals surface area (Å²) in [5.74, 6) is 1.07. The number of nitrogens with zero attached hydrogens (tertiary/aromatic N) is 2. The average molecular weight is 275 g/mol. The first-order valence-corrected chi connectivity index (χ1v) is 6.64. The number of amides is 1. The molecule has 0 spiro atoms. The van der Waals surface area contributed by atoms with Crippen LogP contribution in [0.2, 0.25) is 0 Å². The number of para-hydroxylation sites is 1. The minimum absolute atomic E-state index is 0.0475. The van der Waals surface area contributed by atoms with Crippen LogP contribution >= 0.6 is 11.8 Å². The van der Waals surface area contributed by atoms with Gasteiger partial charge in [-0.1, -0.05) is 36.5 Å². The molecule has 1 aromatic rings. The molecule has 98 valence electrons. The largest absolute Gasteiger partial charge is 0.489 e. The molecule has 0 atom stereocenters. The van der Waals surface area contributed by atoms with Crippen molar-refractivity contribution in [1.29, 1.82) is 0 Å². The molecule has 1 aliphatic heterocycles. The van der Waals surface area contributed by atoms with Crippen molar-refractivity contribution < 1.29 is 9.53 Å². The highest BCUT2D eigenvalue weighted by atomic mass is 32.2. The molecule has 1 saturated heterocycles. The summed E-state index contributed by atoms with van der Waals surface area (Å²) in [6.07, 6.45) is 3.27. The van der Waals surface area contributed by atoms with Gasteiger partial charge in [0.05, 0.1) is 12.0 Å². The van der Waals surface area contributed by atoms with Crippen LogP contribution in [0, 0.1) is 0 Å². The lowest BCUT2D eigenvalue weighted by Gasteiger charge is -2.05. The second kappa shape index (κ2) is 6.75. The van der Waals surface area contributed by atoms with E-state index >= 15 is 0 Å². The molecule has 0 radical (unpaired) electrons. The van der Waals surface area contributed by atoms with Gasteiger partial charge in [-0.2, -0.15) is 5.10 Å². The molecule has 0 unspecified atom stereocenters. The summed E-state index contributed by atoms with van der Waals surface area (Å²) in [6.45, 7) is 4.04. The van der Waals surface area contributed by atoms with Gasteiger partial charge in [0.25, 0.3) is 0 Å². The van der Waals surface area contributed by atoms with Crippen molar-refractivity contribution in [2.45, 2.75) is 0 Å². The zero-order valence-corrected chi connectivity index (χ0v) is 11.0. The SMILES string of the molecule is C=CCOc1ccccc1C=N/N=C1/NC(=O)CS1. The van der Waals surface area contributed by atoms with Gasteiger partial charge in [0.1, 0.15) is 12.4 Å². The first kappa shape index (κ1) is 13.4. The molecule has 5 nitrogen and oxygen atoms in total. The van der Waals surface area contributed by atoms with E-state index in [9.17, 15) is 4.79 Å². The number of nitrogens with one attached hydrogen (secondary N) is 1. The standard InChI is InChI=1S/C13H13N3O2S/c1-2-7-18-11-6-4-3-5-10(11)8-14-16-13-15-12(17)9-19-13/h2-6,8H,1,7,9H2,(H,15,16,17). The number of hydrogen-bond acceptors (Lipinski definition) is 5. The quantitative estimate of drug-likeness (QED) is 0.506. The molecule has 1 fully saturated rings. The third-order valence-electron chi connectivity index (χ3n) is 2.21. The van der Waals surface area contributed by atoms with Crippen molar-refractivity contribution in [2.75, 3.05) is 12.4 Å². The van der Waals surface area contributed by atoms with Crippen LogP contribution in [-0.2, 0) is 4.79 Å². The van der Waals surface area contributed by atoms with Gasteiger partial charge in [-0.3, -0.25) is 4.79 Å². The molecule has 0 bridgehead atoms. The van der Waals surface area contributed by atoms with Gasteiger partial charge in [-0.15, -0.1) is 5.10 Å². The van der Waals surface area contributed by atoms with Crippen molar-refractivity contribution >= 4 is 29.1 Å². The first-order chi connectivity index (χ1) is 9.29. The normalized spacial score (nSPS) is 16.8. The Morgan fingerprint density at radius 3 is 3.05 bits per heavy atom. The maximum atomic E-state index is 11.0. The third-order valence-corrected chi connectivity index (χ3v) is 3.07. The molecule has 0 aliphatic carbocycles. The number of carbonyl (C=O) groups excluding carboxylic acids is 1. The molecule has 0 aromatic heterocycles. The Labute approximate surface area is 115 Å². The number of amidine groups is 1. The molecule has 1 aliphatic rings. The summed E-state index contributed by atoms with van der Waals surface area (Å²) in [4.78, 5) is 11.0. The second-order valence-corrected chi connectivity index (χ2v) is 4.59. The van der Waals surface area contributed by atoms with Gasteiger partial charge in [-0.05, 0) is 12.1 Å². The summed E-state index contributed by atoms with van der Waals surface area (Å²) < 4.78 is 5.49. The fourth-order valence-electron chi connectivity index (χ4n) is 1.39. The van der Waals surface area contributed by atoms with Crippen LogP contribution in [0.4, 0.5) is 0 Å². The van der Waals surface area contributed by atoms with E-state index in [0.717, 1.165) is 11.3 Å². The van der Waals surface area contributed by atoms with Gasteiger partial charge in [0.2, 0.25) is 5.91 Å². The lowest BCUT2D eigenvalue weighted by molar-refractivity contribution is -0.116. The molecule has 1 N–H and O–H groups in total. The molecule has 19 heavy (non-hydrogen) atoms. The second-order valence-electron chi connectivity index (χ2n) is 3.62.